The summed E-state index contributed by atoms with van der Waals surface area (Å²) in [5.74, 6) is -0.629. The number of aromatic nitrogens is 1. The molecule has 0 fully saturated rings. The van der Waals surface area contributed by atoms with E-state index in [0.717, 1.165) is 0 Å². The van der Waals surface area contributed by atoms with Crippen LogP contribution in [-0.4, -0.2) is 28.5 Å². The fraction of sp³-hybridized carbons (Fsp3) is 0.300. The van der Waals surface area contributed by atoms with Crippen LogP contribution >= 0.6 is 0 Å². The lowest BCUT2D eigenvalue weighted by molar-refractivity contribution is 0.0951. The molecule has 0 saturated carbocycles. The molecule has 7 heteroatoms. The van der Waals surface area contributed by atoms with Crippen LogP contribution in [0.3, 0.4) is 0 Å². The third-order valence-corrected chi connectivity index (χ3v) is 2.23. The highest BCUT2D eigenvalue weighted by molar-refractivity contribution is 5.94. The first kappa shape index (κ1) is 12.8. The van der Waals surface area contributed by atoms with Crippen LogP contribution in [0.25, 0.3) is 0 Å². The summed E-state index contributed by atoms with van der Waals surface area (Å²) in [6, 6.07) is 2.69. The fourth-order valence-corrected chi connectivity index (χ4v) is 1.14. The topological polar surface area (TPSA) is 121 Å². The molecule has 1 aromatic rings. The lowest BCUT2D eigenvalue weighted by Crippen LogP contribution is -2.35. The second kappa shape index (κ2) is 5.69. The molecule has 1 unspecified atom stereocenters. The summed E-state index contributed by atoms with van der Waals surface area (Å²) in [5.41, 5.74) is 5.28. The van der Waals surface area contributed by atoms with Crippen LogP contribution in [0.4, 0.5) is 0 Å². The average molecular weight is 238 g/mol. The average Bonchev–Trinajstić information content (AvgIpc) is 2.34. The van der Waals surface area contributed by atoms with E-state index in [-0.39, 0.29) is 35.3 Å². The van der Waals surface area contributed by atoms with E-state index in [9.17, 15) is 9.59 Å². The minimum absolute atomic E-state index is 0.0382. The molecule has 0 aliphatic rings. The first-order valence-electron chi connectivity index (χ1n) is 4.99. The number of nitrogens with two attached hydrogens (primary N) is 1. The predicted octanol–water partition coefficient (Wildman–Crippen LogP) is -0.513. The van der Waals surface area contributed by atoms with Crippen LogP contribution in [-0.2, 0) is 0 Å². The second-order valence-corrected chi connectivity index (χ2v) is 3.58. The van der Waals surface area contributed by atoms with Gasteiger partial charge in [-0.3, -0.25) is 9.59 Å². The number of amidine groups is 1. The minimum atomic E-state index is -0.381. The molecule has 5 N–H and O–H groups in total. The van der Waals surface area contributed by atoms with Crippen LogP contribution in [0.5, 0.6) is 0 Å². The molecule has 0 radical (unpaired) electrons. The van der Waals surface area contributed by atoms with E-state index in [1.807, 2.05) is 0 Å². The van der Waals surface area contributed by atoms with Gasteiger partial charge in [0.15, 0.2) is 0 Å². The number of H-pyrrole nitrogens is 1. The Morgan fingerprint density at radius 2 is 2.41 bits per heavy atom. The molecular formula is C10H14N4O3. The van der Waals surface area contributed by atoms with Gasteiger partial charge in [0.1, 0.15) is 5.84 Å². The van der Waals surface area contributed by atoms with E-state index >= 15 is 0 Å². The van der Waals surface area contributed by atoms with Crippen molar-refractivity contribution in [3.05, 3.63) is 34.2 Å². The van der Waals surface area contributed by atoms with Gasteiger partial charge < -0.3 is 21.2 Å². The van der Waals surface area contributed by atoms with Crippen molar-refractivity contribution in [3.8, 4) is 0 Å². The standard InChI is InChI=1S/C10H14N4O3/c1-6(9(11)14-17)5-13-10(16)7-2-3-12-8(15)4-7/h2-4,6,17H,5H2,1H3,(H2,11,14)(H,12,15)(H,13,16). The number of amides is 1. The van der Waals surface area contributed by atoms with Gasteiger partial charge in [-0.25, -0.2) is 0 Å². The summed E-state index contributed by atoms with van der Waals surface area (Å²) in [7, 11) is 0. The van der Waals surface area contributed by atoms with Gasteiger partial charge in [-0.2, -0.15) is 0 Å². The van der Waals surface area contributed by atoms with Crippen LogP contribution in [0.1, 0.15) is 17.3 Å². The number of oxime groups is 1. The summed E-state index contributed by atoms with van der Waals surface area (Å²) < 4.78 is 0. The van der Waals surface area contributed by atoms with Crippen molar-refractivity contribution in [1.82, 2.24) is 10.3 Å². The number of nitrogens with one attached hydrogen (secondary N) is 2. The molecule has 0 bridgehead atoms. The second-order valence-electron chi connectivity index (χ2n) is 3.58. The van der Waals surface area contributed by atoms with Crippen molar-refractivity contribution in [3.63, 3.8) is 0 Å². The van der Waals surface area contributed by atoms with E-state index in [0.29, 0.717) is 0 Å². The smallest absolute Gasteiger partial charge is 0.251 e. The molecule has 1 heterocycles. The van der Waals surface area contributed by atoms with Gasteiger partial charge in [-0.05, 0) is 6.07 Å². The summed E-state index contributed by atoms with van der Waals surface area (Å²) in [6.07, 6.45) is 1.39. The van der Waals surface area contributed by atoms with Crippen molar-refractivity contribution in [1.29, 1.82) is 0 Å². The zero-order valence-electron chi connectivity index (χ0n) is 9.30. The third kappa shape index (κ3) is 3.63. The molecule has 0 spiro atoms. The van der Waals surface area contributed by atoms with E-state index in [1.165, 1.54) is 18.3 Å². The summed E-state index contributed by atoms with van der Waals surface area (Å²) in [6.45, 7) is 1.93. The molecule has 7 nitrogen and oxygen atoms in total. The number of carbonyl (C=O) groups is 1. The van der Waals surface area contributed by atoms with Gasteiger partial charge in [0.05, 0.1) is 0 Å². The molecule has 17 heavy (non-hydrogen) atoms. The Hall–Kier alpha value is -2.31. The lowest BCUT2D eigenvalue weighted by atomic mass is 10.1. The molecule has 1 atom stereocenters. The Morgan fingerprint density at radius 3 is 3.00 bits per heavy atom. The number of carbonyl (C=O) groups excluding carboxylic acids is 1. The monoisotopic (exact) mass is 238 g/mol. The highest BCUT2D eigenvalue weighted by Crippen LogP contribution is 1.96. The Bertz CT molecular complexity index is 480. The Kier molecular flexibility index (Phi) is 4.27. The van der Waals surface area contributed by atoms with Gasteiger partial charge in [0.25, 0.3) is 5.91 Å². The normalized spacial score (nSPS) is 13.1. The molecule has 0 aliphatic carbocycles. The van der Waals surface area contributed by atoms with E-state index in [4.69, 9.17) is 10.9 Å². The molecule has 0 aromatic carbocycles. The minimum Gasteiger partial charge on any atom is -0.409 e. The van der Waals surface area contributed by atoms with Crippen molar-refractivity contribution in [2.75, 3.05) is 6.54 Å². The van der Waals surface area contributed by atoms with Gasteiger partial charge in [-0.15, -0.1) is 0 Å². The zero-order valence-corrected chi connectivity index (χ0v) is 9.30. The van der Waals surface area contributed by atoms with Gasteiger partial charge in [-0.1, -0.05) is 12.1 Å². The van der Waals surface area contributed by atoms with Gasteiger partial charge in [0.2, 0.25) is 5.56 Å². The highest BCUT2D eigenvalue weighted by atomic mass is 16.4. The van der Waals surface area contributed by atoms with E-state index in [1.54, 1.807) is 6.92 Å². The molecule has 1 amide bonds. The zero-order chi connectivity index (χ0) is 12.8. The number of nitrogens with zero attached hydrogens (tertiary/aromatic N) is 1. The molecule has 1 aromatic heterocycles. The maximum absolute atomic E-state index is 11.6. The maximum Gasteiger partial charge on any atom is 0.251 e. The summed E-state index contributed by atoms with van der Waals surface area (Å²) in [4.78, 5) is 25.0. The maximum atomic E-state index is 11.6. The van der Waals surface area contributed by atoms with E-state index < -0.39 is 0 Å². The number of hydrogen-bond donors (Lipinski definition) is 4. The van der Waals surface area contributed by atoms with Crippen LogP contribution in [0.15, 0.2) is 28.3 Å². The van der Waals surface area contributed by atoms with Crippen LogP contribution in [0.2, 0.25) is 0 Å². The Labute approximate surface area is 97.3 Å². The first-order valence-corrected chi connectivity index (χ1v) is 4.99. The van der Waals surface area contributed by atoms with Crippen molar-refractivity contribution < 1.29 is 10.0 Å². The number of rotatable bonds is 4. The van der Waals surface area contributed by atoms with Gasteiger partial charge in [0, 0.05) is 30.3 Å². The van der Waals surface area contributed by atoms with Crippen molar-refractivity contribution >= 4 is 11.7 Å². The Morgan fingerprint density at radius 1 is 1.71 bits per heavy atom. The molecule has 0 aliphatic heterocycles. The van der Waals surface area contributed by atoms with Gasteiger partial charge >= 0.3 is 0 Å². The molecular weight excluding hydrogens is 224 g/mol. The molecule has 0 saturated heterocycles. The highest BCUT2D eigenvalue weighted by Gasteiger charge is 2.11. The predicted molar refractivity (Wildman–Crippen MR) is 62.0 cm³/mol. The summed E-state index contributed by atoms with van der Waals surface area (Å²) in [5, 5.41) is 13.8. The van der Waals surface area contributed by atoms with Crippen LogP contribution in [0, 0.1) is 5.92 Å². The summed E-state index contributed by atoms with van der Waals surface area (Å²) >= 11 is 0. The molecule has 92 valence electrons. The number of pyridine rings is 1. The quantitative estimate of drug-likeness (QED) is 0.244. The van der Waals surface area contributed by atoms with Crippen molar-refractivity contribution in [2.45, 2.75) is 6.92 Å². The third-order valence-electron chi connectivity index (χ3n) is 2.23. The SMILES string of the molecule is CC(CNC(=O)c1cc[nH]c(=O)c1)/C(N)=N/O. The Balaban J connectivity index is 2.59. The largest absolute Gasteiger partial charge is 0.409 e. The molecule has 1 rings (SSSR count). The van der Waals surface area contributed by atoms with Crippen LogP contribution < -0.4 is 16.6 Å². The number of aromatic amines is 1. The van der Waals surface area contributed by atoms with Crippen molar-refractivity contribution in [2.24, 2.45) is 16.8 Å². The lowest BCUT2D eigenvalue weighted by Gasteiger charge is -2.10. The fourth-order valence-electron chi connectivity index (χ4n) is 1.14. The number of hydrogen-bond acceptors (Lipinski definition) is 4. The van der Waals surface area contributed by atoms with E-state index in [2.05, 4.69) is 15.5 Å². The first-order chi connectivity index (χ1) is 8.04.